The number of Topliss-reactive ketones (excluding diaryl/α,β-unsaturated/α-hetero) is 1. The van der Waals surface area contributed by atoms with Crippen molar-refractivity contribution >= 4 is 35.2 Å². The summed E-state index contributed by atoms with van der Waals surface area (Å²) in [6, 6.07) is -0.265. The number of alkyl halides is 1. The highest BCUT2D eigenvalue weighted by atomic mass is 35.5. The topological polar surface area (TPSA) is 122 Å². The quantitative estimate of drug-likeness (QED) is 0.145. The Hall–Kier alpha value is -2.55. The van der Waals surface area contributed by atoms with Crippen molar-refractivity contribution in [1.29, 1.82) is 0 Å². The maximum absolute atomic E-state index is 12.8. The van der Waals surface area contributed by atoms with E-state index in [0.29, 0.717) is 30.6 Å². The molecular weight excluding hydrogens is 582 g/mol. The number of fused-ring (bicyclic) bond motifs is 5. The lowest BCUT2D eigenvalue weighted by Crippen LogP contribution is -2.58. The van der Waals surface area contributed by atoms with Gasteiger partial charge in [-0.05, 0) is 112 Å². The number of hydrogen-bond donors (Lipinski definition) is 1. The first-order valence-electron chi connectivity index (χ1n) is 16.3. The highest BCUT2D eigenvalue weighted by molar-refractivity contribution is 6.18. The summed E-state index contributed by atoms with van der Waals surface area (Å²) >= 11 is 5.46. The Balaban J connectivity index is 0.000000236. The number of nitrogens with one attached hydrogen (secondary N) is 1. The van der Waals surface area contributed by atoms with Gasteiger partial charge in [-0.1, -0.05) is 32.4 Å². The number of allylic oxidation sites excluding steroid dienone is 4. The molecule has 0 aliphatic heterocycles. The number of ether oxygens (including phenoxy) is 1. The van der Waals surface area contributed by atoms with Gasteiger partial charge in [-0.3, -0.25) is 14.4 Å². The molecule has 3 saturated carbocycles. The maximum Gasteiger partial charge on any atom is 0.340 e. The van der Waals surface area contributed by atoms with Gasteiger partial charge in [-0.25, -0.2) is 4.79 Å². The molecule has 0 bridgehead atoms. The van der Waals surface area contributed by atoms with Crippen LogP contribution >= 0.6 is 11.6 Å². The van der Waals surface area contributed by atoms with Crippen LogP contribution in [-0.4, -0.2) is 52.6 Å². The number of nitroso groups, excluding NO2 is 1. The van der Waals surface area contributed by atoms with Crippen molar-refractivity contribution in [2.24, 2.45) is 39.8 Å². The number of halogens is 1. The molecule has 3 fully saturated rings. The molecule has 2 amide bonds. The summed E-state index contributed by atoms with van der Waals surface area (Å²) in [4.78, 5) is 58.7. The first kappa shape index (κ1) is 34.3. The third-order valence-electron chi connectivity index (χ3n) is 11.8. The molecule has 1 N–H and O–H groups in total. The van der Waals surface area contributed by atoms with Crippen LogP contribution in [0.4, 0.5) is 4.79 Å². The number of esters is 1. The van der Waals surface area contributed by atoms with E-state index in [1.807, 2.05) is 6.08 Å². The lowest BCUT2D eigenvalue weighted by atomic mass is 9.47. The fourth-order valence-electron chi connectivity index (χ4n) is 9.39. The summed E-state index contributed by atoms with van der Waals surface area (Å²) in [5.41, 5.74) is 1.15. The van der Waals surface area contributed by atoms with Gasteiger partial charge >= 0.3 is 12.0 Å². The number of amides is 2. The van der Waals surface area contributed by atoms with Crippen LogP contribution in [0.3, 0.4) is 0 Å². The summed E-state index contributed by atoms with van der Waals surface area (Å²) in [6.45, 7) is 12.0. The van der Waals surface area contributed by atoms with Crippen molar-refractivity contribution < 1.29 is 23.9 Å². The summed E-state index contributed by atoms with van der Waals surface area (Å²) in [6.07, 6.45) is 13.4. The van der Waals surface area contributed by atoms with Crippen molar-refractivity contribution in [3.63, 3.8) is 0 Å². The number of rotatable bonds is 6. The molecule has 0 aromatic heterocycles. The monoisotopic (exact) mass is 631 g/mol. The van der Waals surface area contributed by atoms with Crippen LogP contribution in [-0.2, 0) is 19.1 Å². The van der Waals surface area contributed by atoms with E-state index in [1.165, 1.54) is 18.1 Å². The lowest BCUT2D eigenvalue weighted by molar-refractivity contribution is -0.185. The van der Waals surface area contributed by atoms with Gasteiger partial charge < -0.3 is 10.1 Å². The zero-order valence-corrected chi connectivity index (χ0v) is 28.0. The van der Waals surface area contributed by atoms with Gasteiger partial charge in [0.1, 0.15) is 0 Å². The zero-order chi connectivity index (χ0) is 32.4. The number of carbonyl (C=O) groups excluding carboxylic acids is 4. The van der Waals surface area contributed by atoms with Crippen LogP contribution in [0.25, 0.3) is 0 Å². The normalized spacial score (nSPS) is 37.4. The molecule has 0 aromatic carbocycles. The van der Waals surface area contributed by atoms with Crippen molar-refractivity contribution in [3.8, 4) is 0 Å². The van der Waals surface area contributed by atoms with Crippen LogP contribution in [0.15, 0.2) is 28.6 Å². The molecule has 6 atom stereocenters. The molecule has 10 heteroatoms. The number of ketones is 2. The zero-order valence-electron chi connectivity index (χ0n) is 27.2. The van der Waals surface area contributed by atoms with Gasteiger partial charge in [0.05, 0.1) is 11.8 Å². The lowest BCUT2D eigenvalue weighted by Gasteiger charge is -2.58. The third kappa shape index (κ3) is 6.27. The van der Waals surface area contributed by atoms with E-state index < -0.39 is 11.6 Å². The molecule has 0 heterocycles. The van der Waals surface area contributed by atoms with Crippen molar-refractivity contribution in [3.05, 3.63) is 28.2 Å². The van der Waals surface area contributed by atoms with Crippen LogP contribution < -0.4 is 5.32 Å². The highest BCUT2D eigenvalue weighted by Crippen LogP contribution is 2.67. The average molecular weight is 632 g/mol. The first-order chi connectivity index (χ1) is 20.7. The van der Waals surface area contributed by atoms with E-state index in [2.05, 4.69) is 44.4 Å². The second-order valence-electron chi connectivity index (χ2n) is 14.4. The number of carbonyl (C=O) groups is 4. The summed E-state index contributed by atoms with van der Waals surface area (Å²) in [5, 5.41) is 6.29. The molecule has 5 rings (SSSR count). The van der Waals surface area contributed by atoms with Crippen LogP contribution in [0.5, 0.6) is 0 Å². The van der Waals surface area contributed by atoms with Gasteiger partial charge in [0.15, 0.2) is 17.2 Å². The fraction of sp³-hybridized carbons (Fsp3) is 0.765. The Morgan fingerprint density at radius 2 is 1.70 bits per heavy atom. The van der Waals surface area contributed by atoms with E-state index in [0.717, 1.165) is 62.3 Å². The second-order valence-corrected chi connectivity index (χ2v) is 14.7. The predicted molar refractivity (Wildman–Crippen MR) is 170 cm³/mol. The smallest absolute Gasteiger partial charge is 0.340 e. The Morgan fingerprint density at radius 1 is 1.05 bits per heavy atom. The van der Waals surface area contributed by atoms with Gasteiger partial charge in [0.25, 0.3) is 0 Å². The molecule has 5 aliphatic rings. The number of urea groups is 1. The Labute approximate surface area is 266 Å². The maximum atomic E-state index is 12.8. The van der Waals surface area contributed by atoms with E-state index in [9.17, 15) is 24.1 Å². The molecule has 0 spiro atoms. The minimum Gasteiger partial charge on any atom is -0.451 e. The van der Waals surface area contributed by atoms with E-state index in [1.54, 1.807) is 6.92 Å². The minimum atomic E-state index is -0.990. The molecule has 44 heavy (non-hydrogen) atoms. The predicted octanol–water partition coefficient (Wildman–Crippen LogP) is 7.07. The SMILES string of the molecule is CC(=O)OC1(C(C)=O)CCC2C3C=C(C)C4=CC(=O)CCC4(C)C3CCC21C.CC1CCC(NC(=O)N(CCCl)N=O)CC1. The van der Waals surface area contributed by atoms with E-state index in [4.69, 9.17) is 16.3 Å². The van der Waals surface area contributed by atoms with Crippen LogP contribution in [0, 0.1) is 39.4 Å². The Bertz CT molecular complexity index is 1230. The molecule has 0 radical (unpaired) electrons. The van der Waals surface area contributed by atoms with Crippen LogP contribution in [0.2, 0.25) is 0 Å². The first-order valence-corrected chi connectivity index (χ1v) is 16.9. The number of nitrogens with zero attached hydrogens (tertiary/aromatic N) is 2. The molecule has 0 saturated heterocycles. The van der Waals surface area contributed by atoms with Gasteiger partial charge in [0, 0.05) is 30.7 Å². The molecule has 244 valence electrons. The molecule has 9 nitrogen and oxygen atoms in total. The van der Waals surface area contributed by atoms with E-state index >= 15 is 0 Å². The summed E-state index contributed by atoms with van der Waals surface area (Å²) in [7, 11) is 0. The molecule has 6 unspecified atom stereocenters. The van der Waals surface area contributed by atoms with Gasteiger partial charge in [-0.2, -0.15) is 5.01 Å². The standard InChI is InChI=1S/C24H32O4.C10H18ClN3O2/c1-14-12-18-19(22(4)9-6-17(27)13-21(14)22)7-10-23(5)20(18)8-11-24(23,15(2)25)28-16(3)26;1-8-2-4-9(5-3-8)12-10(15)14(13-16)7-6-11/h12-13,18-20H,6-11H2,1-5H3;8-9H,2-7H2,1H3,(H,12,15). The van der Waals surface area contributed by atoms with Crippen LogP contribution in [0.1, 0.15) is 106 Å². The summed E-state index contributed by atoms with van der Waals surface area (Å²) < 4.78 is 5.82. The van der Waals surface area contributed by atoms with Gasteiger partial charge in [0.2, 0.25) is 0 Å². The minimum absolute atomic E-state index is 0.0160. The highest BCUT2D eigenvalue weighted by Gasteiger charge is 2.67. The largest absolute Gasteiger partial charge is 0.451 e. The summed E-state index contributed by atoms with van der Waals surface area (Å²) in [5.74, 6) is 1.97. The Morgan fingerprint density at radius 3 is 2.30 bits per heavy atom. The van der Waals surface area contributed by atoms with E-state index in [-0.39, 0.29) is 46.8 Å². The Kier molecular flexibility index (Phi) is 10.5. The second kappa shape index (κ2) is 13.4. The molecule has 5 aliphatic carbocycles. The van der Waals surface area contributed by atoms with Crippen molar-refractivity contribution in [2.45, 2.75) is 117 Å². The number of hydrogen-bond acceptors (Lipinski definition) is 7. The average Bonchev–Trinajstić information content (AvgIpc) is 3.27. The third-order valence-corrected chi connectivity index (χ3v) is 12.0. The van der Waals surface area contributed by atoms with Crippen molar-refractivity contribution in [2.75, 3.05) is 12.4 Å². The molecule has 0 aromatic rings. The molecular formula is C34H50ClN3O6. The van der Waals surface area contributed by atoms with Gasteiger partial charge in [-0.15, -0.1) is 16.5 Å². The van der Waals surface area contributed by atoms with Crippen molar-refractivity contribution in [1.82, 2.24) is 10.3 Å². The fourth-order valence-corrected chi connectivity index (χ4v) is 9.55.